The Kier molecular flexibility index (Phi) is 4.57. The third-order valence-electron chi connectivity index (χ3n) is 5.13. The maximum absolute atomic E-state index is 4.74. The van der Waals surface area contributed by atoms with Gasteiger partial charge in [-0.25, -0.2) is 4.99 Å². The minimum Gasteiger partial charge on any atom is -0.357 e. The molecule has 3 heterocycles. The van der Waals surface area contributed by atoms with E-state index in [1.165, 1.54) is 19.4 Å². The highest BCUT2D eigenvalue weighted by Gasteiger charge is 2.38. The van der Waals surface area contributed by atoms with Crippen molar-refractivity contribution >= 4 is 11.6 Å². The summed E-state index contributed by atoms with van der Waals surface area (Å²) < 4.78 is 1.99. The van der Waals surface area contributed by atoms with Gasteiger partial charge in [0, 0.05) is 37.9 Å². The zero-order chi connectivity index (χ0) is 17.2. The molecule has 0 amide bonds. The number of hydrogen-bond acceptors (Lipinski definition) is 4. The van der Waals surface area contributed by atoms with Crippen LogP contribution in [-0.2, 0) is 6.54 Å². The fraction of sp³-hybridized carbons (Fsp3) is 0.611. The summed E-state index contributed by atoms with van der Waals surface area (Å²) in [6.45, 7) is 8.09. The summed E-state index contributed by atoms with van der Waals surface area (Å²) in [5.74, 6) is 2.36. The number of rotatable bonds is 5. The lowest BCUT2D eigenvalue weighted by atomic mass is 10.1. The van der Waals surface area contributed by atoms with Crippen molar-refractivity contribution in [2.45, 2.75) is 45.3 Å². The summed E-state index contributed by atoms with van der Waals surface area (Å²) in [5, 5.41) is 15.4. The van der Waals surface area contributed by atoms with Gasteiger partial charge in [-0.1, -0.05) is 13.0 Å². The second-order valence-electron chi connectivity index (χ2n) is 7.15. The first-order valence-electron chi connectivity index (χ1n) is 9.32. The molecule has 1 aliphatic heterocycles. The summed E-state index contributed by atoms with van der Waals surface area (Å²) in [7, 11) is 0. The average molecular weight is 341 g/mol. The molecule has 1 aliphatic carbocycles. The van der Waals surface area contributed by atoms with Crippen molar-refractivity contribution in [1.82, 2.24) is 30.1 Å². The quantitative estimate of drug-likeness (QED) is 0.633. The molecule has 0 radical (unpaired) electrons. The largest absolute Gasteiger partial charge is 0.357 e. The number of nitrogens with zero attached hydrogens (tertiary/aromatic N) is 5. The summed E-state index contributed by atoms with van der Waals surface area (Å²) in [5.41, 5.74) is 0.857. The predicted octanol–water partition coefficient (Wildman–Crippen LogP) is 1.27. The molecule has 4 rings (SSSR count). The molecule has 2 atom stereocenters. The SMILES string of the molecule is CCNC(=NCc1nnc2ccccn12)NC1CN(C2CC2)CC1C. The Morgan fingerprint density at radius 1 is 1.28 bits per heavy atom. The highest BCUT2D eigenvalue weighted by Crippen LogP contribution is 2.31. The van der Waals surface area contributed by atoms with E-state index in [1.54, 1.807) is 0 Å². The van der Waals surface area contributed by atoms with Crippen LogP contribution in [0.15, 0.2) is 29.4 Å². The zero-order valence-corrected chi connectivity index (χ0v) is 15.0. The minimum absolute atomic E-state index is 0.452. The van der Waals surface area contributed by atoms with Crippen LogP contribution < -0.4 is 10.6 Å². The maximum atomic E-state index is 4.74. The van der Waals surface area contributed by atoms with Gasteiger partial charge in [-0.2, -0.15) is 0 Å². The van der Waals surface area contributed by atoms with Crippen molar-refractivity contribution in [3.63, 3.8) is 0 Å². The van der Waals surface area contributed by atoms with Crippen molar-refractivity contribution < 1.29 is 0 Å². The first-order valence-corrected chi connectivity index (χ1v) is 9.32. The highest BCUT2D eigenvalue weighted by atomic mass is 15.3. The third-order valence-corrected chi connectivity index (χ3v) is 5.13. The van der Waals surface area contributed by atoms with E-state index >= 15 is 0 Å². The van der Waals surface area contributed by atoms with Gasteiger partial charge in [0.2, 0.25) is 0 Å². The van der Waals surface area contributed by atoms with Crippen LogP contribution in [0.3, 0.4) is 0 Å². The summed E-state index contributed by atoms with van der Waals surface area (Å²) >= 11 is 0. The summed E-state index contributed by atoms with van der Waals surface area (Å²) in [6.07, 6.45) is 4.72. The fourth-order valence-electron chi connectivity index (χ4n) is 3.57. The van der Waals surface area contributed by atoms with Crippen LogP contribution in [0, 0.1) is 5.92 Å². The highest BCUT2D eigenvalue weighted by molar-refractivity contribution is 5.80. The van der Waals surface area contributed by atoms with Crippen LogP contribution in [0.2, 0.25) is 0 Å². The van der Waals surface area contributed by atoms with Crippen LogP contribution in [0.25, 0.3) is 5.65 Å². The van der Waals surface area contributed by atoms with E-state index in [1.807, 2.05) is 28.8 Å². The predicted molar refractivity (Wildman–Crippen MR) is 98.5 cm³/mol. The van der Waals surface area contributed by atoms with E-state index in [-0.39, 0.29) is 0 Å². The number of hydrogen-bond donors (Lipinski definition) is 2. The van der Waals surface area contributed by atoms with E-state index in [4.69, 9.17) is 4.99 Å². The summed E-state index contributed by atoms with van der Waals surface area (Å²) in [6, 6.07) is 7.19. The lowest BCUT2D eigenvalue weighted by molar-refractivity contribution is 0.315. The molecule has 0 bridgehead atoms. The first kappa shape index (κ1) is 16.3. The number of guanidine groups is 1. The molecule has 2 fully saturated rings. The molecule has 0 spiro atoms. The van der Waals surface area contributed by atoms with Crippen LogP contribution >= 0.6 is 0 Å². The van der Waals surface area contributed by atoms with Gasteiger partial charge >= 0.3 is 0 Å². The van der Waals surface area contributed by atoms with Gasteiger partial charge in [-0.15, -0.1) is 10.2 Å². The molecule has 1 saturated heterocycles. The molecule has 7 heteroatoms. The molecular weight excluding hydrogens is 314 g/mol. The monoisotopic (exact) mass is 341 g/mol. The van der Waals surface area contributed by atoms with Gasteiger partial charge in [-0.3, -0.25) is 9.30 Å². The van der Waals surface area contributed by atoms with Crippen molar-refractivity contribution in [3.8, 4) is 0 Å². The van der Waals surface area contributed by atoms with Crippen molar-refractivity contribution in [2.24, 2.45) is 10.9 Å². The topological polar surface area (TPSA) is 69.8 Å². The van der Waals surface area contributed by atoms with Gasteiger partial charge < -0.3 is 10.6 Å². The number of nitrogens with one attached hydrogen (secondary N) is 2. The average Bonchev–Trinajstić information content (AvgIpc) is 3.29. The Balaban J connectivity index is 1.44. The van der Waals surface area contributed by atoms with Crippen molar-refractivity contribution in [3.05, 3.63) is 30.2 Å². The zero-order valence-electron chi connectivity index (χ0n) is 15.0. The van der Waals surface area contributed by atoms with E-state index in [0.29, 0.717) is 18.5 Å². The minimum atomic E-state index is 0.452. The lowest BCUT2D eigenvalue weighted by Crippen LogP contribution is -2.46. The van der Waals surface area contributed by atoms with E-state index in [0.717, 1.165) is 36.6 Å². The molecule has 2 unspecified atom stereocenters. The molecule has 2 aliphatic rings. The molecular formula is C18H27N7. The Morgan fingerprint density at radius 2 is 2.16 bits per heavy atom. The molecule has 2 N–H and O–H groups in total. The molecule has 2 aromatic heterocycles. The maximum Gasteiger partial charge on any atom is 0.191 e. The first-order chi connectivity index (χ1) is 12.2. The van der Waals surface area contributed by atoms with Gasteiger partial charge in [0.15, 0.2) is 17.4 Å². The fourth-order valence-corrected chi connectivity index (χ4v) is 3.57. The van der Waals surface area contributed by atoms with Crippen molar-refractivity contribution in [2.75, 3.05) is 19.6 Å². The smallest absolute Gasteiger partial charge is 0.191 e. The number of aliphatic imine (C=N–C) groups is 1. The van der Waals surface area contributed by atoms with E-state index < -0.39 is 0 Å². The van der Waals surface area contributed by atoms with Crippen LogP contribution in [0.5, 0.6) is 0 Å². The third kappa shape index (κ3) is 3.61. The van der Waals surface area contributed by atoms with Gasteiger partial charge in [-0.05, 0) is 37.8 Å². The molecule has 0 aromatic carbocycles. The molecule has 134 valence electrons. The van der Waals surface area contributed by atoms with Crippen LogP contribution in [0.1, 0.15) is 32.5 Å². The second-order valence-corrected chi connectivity index (χ2v) is 7.15. The Hall–Kier alpha value is -2.15. The molecule has 1 saturated carbocycles. The Morgan fingerprint density at radius 3 is 2.96 bits per heavy atom. The summed E-state index contributed by atoms with van der Waals surface area (Å²) in [4.78, 5) is 7.37. The number of fused-ring (bicyclic) bond motifs is 1. The normalized spacial score (nSPS) is 24.8. The Bertz CT molecular complexity index is 749. The van der Waals surface area contributed by atoms with Crippen LogP contribution in [0.4, 0.5) is 0 Å². The van der Waals surface area contributed by atoms with Gasteiger partial charge in [0.05, 0.1) is 0 Å². The van der Waals surface area contributed by atoms with Crippen LogP contribution in [-0.4, -0.2) is 57.2 Å². The number of aromatic nitrogens is 3. The van der Waals surface area contributed by atoms with Crippen molar-refractivity contribution in [1.29, 1.82) is 0 Å². The molecule has 2 aromatic rings. The van der Waals surface area contributed by atoms with E-state index in [9.17, 15) is 0 Å². The molecule has 25 heavy (non-hydrogen) atoms. The number of pyridine rings is 1. The van der Waals surface area contributed by atoms with Gasteiger partial charge in [0.25, 0.3) is 0 Å². The lowest BCUT2D eigenvalue weighted by Gasteiger charge is -2.20. The Labute approximate surface area is 148 Å². The molecule has 7 nitrogen and oxygen atoms in total. The van der Waals surface area contributed by atoms with Gasteiger partial charge in [0.1, 0.15) is 6.54 Å². The van der Waals surface area contributed by atoms with E-state index in [2.05, 4.69) is 39.6 Å². The second kappa shape index (κ2) is 7.00. The number of likely N-dealkylation sites (tertiary alicyclic amines) is 1. The standard InChI is InChI=1S/C18H27N7/c1-3-19-18(21-15-12-24(11-13(15)2)14-7-8-14)20-10-17-23-22-16-6-4-5-9-25(16)17/h4-6,9,13-15H,3,7-8,10-12H2,1-2H3,(H2,19,20,21).